The third kappa shape index (κ3) is 4.56. The van der Waals surface area contributed by atoms with Gasteiger partial charge in [-0.1, -0.05) is 0 Å². The number of rotatable bonds is 5. The molecule has 0 radical (unpaired) electrons. The maximum Gasteiger partial charge on any atom is 0.262 e. The lowest BCUT2D eigenvalue weighted by atomic mass is 10.3. The molecule has 0 spiro atoms. The van der Waals surface area contributed by atoms with Crippen molar-refractivity contribution in [3.63, 3.8) is 0 Å². The van der Waals surface area contributed by atoms with Gasteiger partial charge < -0.3 is 10.1 Å². The average molecular weight is 357 g/mol. The summed E-state index contributed by atoms with van der Waals surface area (Å²) in [6, 6.07) is 4.21. The van der Waals surface area contributed by atoms with Crippen molar-refractivity contribution in [1.82, 2.24) is 0 Å². The molecular formula is C10H11BrClNO4S. The summed E-state index contributed by atoms with van der Waals surface area (Å²) < 4.78 is 27.5. The molecule has 0 bridgehead atoms. The van der Waals surface area contributed by atoms with Crippen LogP contribution in [-0.4, -0.2) is 27.5 Å². The lowest BCUT2D eigenvalue weighted by molar-refractivity contribution is -0.120. The van der Waals surface area contributed by atoms with Gasteiger partial charge in [-0.3, -0.25) is 4.79 Å². The van der Waals surface area contributed by atoms with Crippen molar-refractivity contribution in [3.05, 3.63) is 22.7 Å². The van der Waals surface area contributed by atoms with Crippen molar-refractivity contribution in [2.24, 2.45) is 0 Å². The fourth-order valence-corrected chi connectivity index (χ4v) is 3.39. The summed E-state index contributed by atoms with van der Waals surface area (Å²) in [6.07, 6.45) is 0. The Labute approximate surface area is 118 Å². The Hall–Kier alpha value is -0.630. The van der Waals surface area contributed by atoms with E-state index in [0.717, 1.165) is 0 Å². The number of anilines is 1. The highest BCUT2D eigenvalue weighted by Crippen LogP contribution is 2.27. The predicted octanol–water partition coefficient (Wildman–Crippen LogP) is 2.35. The molecule has 0 unspecified atom stereocenters. The molecule has 1 aromatic rings. The van der Waals surface area contributed by atoms with Crippen LogP contribution in [-0.2, 0) is 18.6 Å². The minimum atomic E-state index is -3.80. The third-order valence-electron chi connectivity index (χ3n) is 1.92. The summed E-state index contributed by atoms with van der Waals surface area (Å²) in [5.74, 6) is -0.315. The van der Waals surface area contributed by atoms with Crippen LogP contribution in [0.5, 0.6) is 0 Å². The fraction of sp³-hybridized carbons (Fsp3) is 0.300. The monoisotopic (exact) mass is 355 g/mol. The van der Waals surface area contributed by atoms with Gasteiger partial charge in [0.1, 0.15) is 6.61 Å². The van der Waals surface area contributed by atoms with Gasteiger partial charge in [0.05, 0.1) is 4.90 Å². The molecule has 0 fully saturated rings. The molecule has 1 amide bonds. The molecule has 0 saturated carbocycles. The summed E-state index contributed by atoms with van der Waals surface area (Å²) in [7, 11) is 1.42. The quantitative estimate of drug-likeness (QED) is 0.822. The number of amides is 1. The minimum Gasteiger partial charge on any atom is -0.372 e. The van der Waals surface area contributed by atoms with Gasteiger partial charge in [-0.15, -0.1) is 0 Å². The molecule has 0 atom stereocenters. The molecule has 0 aliphatic rings. The second-order valence-electron chi connectivity index (χ2n) is 3.27. The smallest absolute Gasteiger partial charge is 0.262 e. The molecular weight excluding hydrogens is 346 g/mol. The topological polar surface area (TPSA) is 72.5 Å². The van der Waals surface area contributed by atoms with Crippen LogP contribution in [0.25, 0.3) is 0 Å². The maximum atomic E-state index is 11.4. The van der Waals surface area contributed by atoms with E-state index in [1.165, 1.54) is 18.2 Å². The van der Waals surface area contributed by atoms with Crippen molar-refractivity contribution >= 4 is 47.3 Å². The lowest BCUT2D eigenvalue weighted by Gasteiger charge is -2.07. The van der Waals surface area contributed by atoms with E-state index < -0.39 is 9.05 Å². The summed E-state index contributed by atoms with van der Waals surface area (Å²) in [6.45, 7) is 2.17. The van der Waals surface area contributed by atoms with E-state index in [2.05, 4.69) is 21.2 Å². The highest BCUT2D eigenvalue weighted by Gasteiger charge is 2.15. The second kappa shape index (κ2) is 6.51. The van der Waals surface area contributed by atoms with Crippen LogP contribution in [0, 0.1) is 0 Å². The molecule has 0 aliphatic carbocycles. The molecule has 0 heterocycles. The summed E-state index contributed by atoms with van der Waals surface area (Å²) >= 11 is 3.08. The number of ether oxygens (including phenoxy) is 1. The van der Waals surface area contributed by atoms with E-state index in [1.807, 2.05) is 0 Å². The number of carbonyl (C=O) groups excluding carboxylic acids is 1. The van der Waals surface area contributed by atoms with Crippen molar-refractivity contribution in [2.75, 3.05) is 18.5 Å². The highest BCUT2D eigenvalue weighted by molar-refractivity contribution is 9.10. The molecule has 1 N–H and O–H groups in total. The normalized spacial score (nSPS) is 11.3. The largest absolute Gasteiger partial charge is 0.372 e. The summed E-state index contributed by atoms with van der Waals surface area (Å²) in [5, 5.41) is 2.56. The van der Waals surface area contributed by atoms with Crippen LogP contribution in [0.2, 0.25) is 0 Å². The molecule has 1 aromatic carbocycles. The number of halogens is 2. The fourth-order valence-electron chi connectivity index (χ4n) is 1.17. The van der Waals surface area contributed by atoms with E-state index >= 15 is 0 Å². The Morgan fingerprint density at radius 3 is 2.67 bits per heavy atom. The van der Waals surface area contributed by atoms with Gasteiger partial charge in [-0.2, -0.15) is 0 Å². The SMILES string of the molecule is CCOCC(=O)Nc1ccc(S(=O)(=O)Cl)c(Br)c1. The second-order valence-corrected chi connectivity index (χ2v) is 6.66. The Kier molecular flexibility index (Phi) is 5.58. The zero-order valence-electron chi connectivity index (χ0n) is 9.44. The standard InChI is InChI=1S/C10H11BrClNO4S/c1-2-17-6-10(14)13-7-3-4-9(8(11)5-7)18(12,15)16/h3-5H,2,6H2,1H3,(H,13,14). The maximum absolute atomic E-state index is 11.4. The molecule has 0 aromatic heterocycles. The number of carbonyl (C=O) groups is 1. The van der Waals surface area contributed by atoms with E-state index in [-0.39, 0.29) is 21.9 Å². The first-order valence-electron chi connectivity index (χ1n) is 4.96. The third-order valence-corrected chi connectivity index (χ3v) is 4.21. The van der Waals surface area contributed by atoms with Crippen molar-refractivity contribution in [3.8, 4) is 0 Å². The first kappa shape index (κ1) is 15.4. The average Bonchev–Trinajstić information content (AvgIpc) is 2.24. The molecule has 100 valence electrons. The van der Waals surface area contributed by atoms with E-state index in [0.29, 0.717) is 12.3 Å². The lowest BCUT2D eigenvalue weighted by Crippen LogP contribution is -2.18. The number of benzene rings is 1. The first-order chi connectivity index (χ1) is 8.34. The van der Waals surface area contributed by atoms with Gasteiger partial charge in [0, 0.05) is 27.4 Å². The van der Waals surface area contributed by atoms with Crippen molar-refractivity contribution in [2.45, 2.75) is 11.8 Å². The van der Waals surface area contributed by atoms with Gasteiger partial charge in [-0.05, 0) is 41.1 Å². The number of hydrogen-bond acceptors (Lipinski definition) is 4. The Bertz CT molecular complexity index is 547. The zero-order chi connectivity index (χ0) is 13.8. The van der Waals surface area contributed by atoms with Crippen molar-refractivity contribution < 1.29 is 17.9 Å². The minimum absolute atomic E-state index is 0.0491. The Morgan fingerprint density at radius 1 is 1.50 bits per heavy atom. The predicted molar refractivity (Wildman–Crippen MR) is 72.3 cm³/mol. The number of hydrogen-bond donors (Lipinski definition) is 1. The van der Waals surface area contributed by atoms with Crippen LogP contribution < -0.4 is 5.32 Å². The van der Waals surface area contributed by atoms with E-state index in [9.17, 15) is 13.2 Å². The van der Waals surface area contributed by atoms with E-state index in [4.69, 9.17) is 15.4 Å². The van der Waals surface area contributed by atoms with Gasteiger partial charge in [0.15, 0.2) is 0 Å². The molecule has 0 saturated heterocycles. The Balaban J connectivity index is 2.82. The van der Waals surface area contributed by atoms with Crippen LogP contribution in [0.4, 0.5) is 5.69 Å². The Morgan fingerprint density at radius 2 is 2.17 bits per heavy atom. The van der Waals surface area contributed by atoms with Gasteiger partial charge in [0.2, 0.25) is 5.91 Å². The first-order valence-corrected chi connectivity index (χ1v) is 8.06. The van der Waals surface area contributed by atoms with E-state index in [1.54, 1.807) is 6.92 Å². The van der Waals surface area contributed by atoms with Crippen LogP contribution in [0.1, 0.15) is 6.92 Å². The molecule has 1 rings (SSSR count). The van der Waals surface area contributed by atoms with Crippen LogP contribution in [0.15, 0.2) is 27.6 Å². The van der Waals surface area contributed by atoms with Gasteiger partial charge >= 0.3 is 0 Å². The summed E-state index contributed by atoms with van der Waals surface area (Å²) in [4.78, 5) is 11.3. The molecule has 5 nitrogen and oxygen atoms in total. The van der Waals surface area contributed by atoms with Gasteiger partial charge in [-0.25, -0.2) is 8.42 Å². The van der Waals surface area contributed by atoms with Crippen LogP contribution >= 0.6 is 26.6 Å². The molecule has 0 aliphatic heterocycles. The molecule has 8 heteroatoms. The van der Waals surface area contributed by atoms with Crippen molar-refractivity contribution in [1.29, 1.82) is 0 Å². The highest BCUT2D eigenvalue weighted by atomic mass is 79.9. The molecule has 18 heavy (non-hydrogen) atoms. The zero-order valence-corrected chi connectivity index (χ0v) is 12.6. The van der Waals surface area contributed by atoms with Crippen LogP contribution in [0.3, 0.4) is 0 Å². The van der Waals surface area contributed by atoms with Gasteiger partial charge in [0.25, 0.3) is 9.05 Å². The number of nitrogens with one attached hydrogen (secondary N) is 1. The summed E-state index contributed by atoms with van der Waals surface area (Å²) in [5.41, 5.74) is 0.454.